The van der Waals surface area contributed by atoms with Crippen LogP contribution in [0.5, 0.6) is 11.5 Å². The second-order valence-corrected chi connectivity index (χ2v) is 3.73. The van der Waals surface area contributed by atoms with Crippen LogP contribution < -0.4 is 9.47 Å². The Bertz CT molecular complexity index is 297. The molecule has 0 spiro atoms. The molecule has 0 radical (unpaired) electrons. The largest absolute Gasteiger partial charge is 0.493 e. The fourth-order valence-corrected chi connectivity index (χ4v) is 1.26. The number of hydrogen-bond donors (Lipinski definition) is 1. The second-order valence-electron chi connectivity index (χ2n) is 3.73. The van der Waals surface area contributed by atoms with Crippen molar-refractivity contribution in [1.29, 1.82) is 0 Å². The third kappa shape index (κ3) is 5.09. The monoisotopic (exact) mass is 240 g/mol. The number of rotatable bonds is 5. The summed E-state index contributed by atoms with van der Waals surface area (Å²) in [4.78, 5) is 0. The van der Waals surface area contributed by atoms with Gasteiger partial charge in [-0.3, -0.25) is 0 Å². The minimum absolute atomic E-state index is 0.00964. The maximum atomic E-state index is 9.16. The fraction of sp³-hybridized carbons (Fsp3) is 0.571. The zero-order valence-corrected chi connectivity index (χ0v) is 11.4. The molecule has 0 aromatic heterocycles. The third-order valence-corrected chi connectivity index (χ3v) is 2.27. The van der Waals surface area contributed by atoms with E-state index >= 15 is 0 Å². The molecule has 1 rings (SSSR count). The molecule has 3 heteroatoms. The molecule has 0 aliphatic heterocycles. The average Bonchev–Trinajstić information content (AvgIpc) is 2.38. The number of hydrogen-bond acceptors (Lipinski definition) is 3. The van der Waals surface area contributed by atoms with Crippen molar-refractivity contribution in [2.75, 3.05) is 13.7 Å². The van der Waals surface area contributed by atoms with Crippen LogP contribution in [0.3, 0.4) is 0 Å². The normalized spacial score (nSPS) is 11.5. The van der Waals surface area contributed by atoms with E-state index < -0.39 is 0 Å². The van der Waals surface area contributed by atoms with Gasteiger partial charge in [-0.2, -0.15) is 0 Å². The summed E-state index contributed by atoms with van der Waals surface area (Å²) in [6, 6.07) is 7.44. The smallest absolute Gasteiger partial charge is 0.161 e. The molecule has 0 saturated carbocycles. The topological polar surface area (TPSA) is 38.7 Å². The van der Waals surface area contributed by atoms with Crippen LogP contribution in [0.15, 0.2) is 24.3 Å². The Morgan fingerprint density at radius 2 is 1.65 bits per heavy atom. The maximum absolute atomic E-state index is 9.16. The highest BCUT2D eigenvalue weighted by Crippen LogP contribution is 2.27. The molecule has 0 aliphatic rings. The highest BCUT2D eigenvalue weighted by Gasteiger charge is 2.15. The van der Waals surface area contributed by atoms with Crippen LogP contribution in [0.2, 0.25) is 0 Å². The van der Waals surface area contributed by atoms with Crippen molar-refractivity contribution in [3.8, 4) is 11.5 Å². The van der Waals surface area contributed by atoms with Gasteiger partial charge >= 0.3 is 0 Å². The van der Waals surface area contributed by atoms with E-state index in [-0.39, 0.29) is 18.6 Å². The van der Waals surface area contributed by atoms with Crippen LogP contribution in [0.25, 0.3) is 0 Å². The molecule has 1 aromatic carbocycles. The van der Waals surface area contributed by atoms with Crippen molar-refractivity contribution in [2.24, 2.45) is 5.92 Å². The van der Waals surface area contributed by atoms with Gasteiger partial charge in [0.1, 0.15) is 6.10 Å². The first-order chi connectivity index (χ1) is 8.19. The number of ether oxygens (including phenoxy) is 2. The number of aliphatic hydroxyl groups is 1. The molecule has 17 heavy (non-hydrogen) atoms. The highest BCUT2D eigenvalue weighted by atomic mass is 16.5. The highest BCUT2D eigenvalue weighted by molar-refractivity contribution is 5.39. The lowest BCUT2D eigenvalue weighted by Gasteiger charge is -2.21. The Hall–Kier alpha value is -1.22. The van der Waals surface area contributed by atoms with Gasteiger partial charge in [-0.05, 0) is 18.1 Å². The molecular weight excluding hydrogens is 216 g/mol. The summed E-state index contributed by atoms with van der Waals surface area (Å²) < 4.78 is 10.8. The summed E-state index contributed by atoms with van der Waals surface area (Å²) in [5.74, 6) is 1.63. The van der Waals surface area contributed by atoms with E-state index in [4.69, 9.17) is 14.6 Å². The summed E-state index contributed by atoms with van der Waals surface area (Å²) in [7, 11) is 1.60. The van der Waals surface area contributed by atoms with E-state index in [0.29, 0.717) is 11.5 Å². The summed E-state index contributed by atoms with van der Waals surface area (Å²) in [5, 5.41) is 9.16. The van der Waals surface area contributed by atoms with E-state index in [0.717, 1.165) is 0 Å². The van der Waals surface area contributed by atoms with E-state index in [1.54, 1.807) is 7.11 Å². The Morgan fingerprint density at radius 3 is 2.06 bits per heavy atom. The zero-order chi connectivity index (χ0) is 13.3. The van der Waals surface area contributed by atoms with Crippen molar-refractivity contribution in [3.63, 3.8) is 0 Å². The van der Waals surface area contributed by atoms with Crippen LogP contribution in [0, 0.1) is 5.92 Å². The lowest BCUT2D eigenvalue weighted by molar-refractivity contribution is 0.0776. The molecule has 1 N–H and O–H groups in total. The predicted octanol–water partition coefficient (Wildman–Crippen LogP) is 3.12. The molecule has 0 bridgehead atoms. The molecule has 1 aromatic rings. The molecule has 1 unspecified atom stereocenters. The van der Waals surface area contributed by atoms with Crippen molar-refractivity contribution < 1.29 is 14.6 Å². The van der Waals surface area contributed by atoms with Crippen LogP contribution in [-0.4, -0.2) is 24.9 Å². The Morgan fingerprint density at radius 1 is 1.12 bits per heavy atom. The Balaban J connectivity index is 0.00000121. The predicted molar refractivity (Wildman–Crippen MR) is 70.7 cm³/mol. The van der Waals surface area contributed by atoms with Gasteiger partial charge in [-0.25, -0.2) is 0 Å². The maximum Gasteiger partial charge on any atom is 0.161 e. The number of aliphatic hydroxyl groups excluding tert-OH is 1. The van der Waals surface area contributed by atoms with Crippen LogP contribution >= 0.6 is 0 Å². The lowest BCUT2D eigenvalue weighted by Crippen LogP contribution is -2.27. The fourth-order valence-electron chi connectivity index (χ4n) is 1.26. The van der Waals surface area contributed by atoms with Gasteiger partial charge in [-0.1, -0.05) is 39.8 Å². The van der Waals surface area contributed by atoms with Gasteiger partial charge in [0.05, 0.1) is 13.7 Å². The Kier molecular flexibility index (Phi) is 8.24. The van der Waals surface area contributed by atoms with Crippen molar-refractivity contribution in [1.82, 2.24) is 0 Å². The van der Waals surface area contributed by atoms with Crippen LogP contribution in [0.1, 0.15) is 27.7 Å². The first-order valence-corrected chi connectivity index (χ1v) is 6.09. The summed E-state index contributed by atoms with van der Waals surface area (Å²) >= 11 is 0. The molecule has 0 fully saturated rings. The zero-order valence-electron chi connectivity index (χ0n) is 11.4. The first-order valence-electron chi connectivity index (χ1n) is 6.09. The van der Waals surface area contributed by atoms with Gasteiger partial charge in [-0.15, -0.1) is 0 Å². The molecular formula is C14H24O3. The van der Waals surface area contributed by atoms with Crippen molar-refractivity contribution in [2.45, 2.75) is 33.8 Å². The van der Waals surface area contributed by atoms with Gasteiger partial charge in [0, 0.05) is 0 Å². The van der Waals surface area contributed by atoms with Gasteiger partial charge in [0.15, 0.2) is 11.5 Å². The quantitative estimate of drug-likeness (QED) is 0.859. The standard InChI is InChI=1S/C12H18O3.C2H6/c1-9(2)12(8-13)15-11-7-5-4-6-10(11)14-3;1-2/h4-7,9,12-13H,8H2,1-3H3;1-2H3. The van der Waals surface area contributed by atoms with Gasteiger partial charge < -0.3 is 14.6 Å². The third-order valence-electron chi connectivity index (χ3n) is 2.27. The molecule has 0 heterocycles. The summed E-state index contributed by atoms with van der Waals surface area (Å²) in [6.07, 6.45) is -0.193. The van der Waals surface area contributed by atoms with Gasteiger partial charge in [0.2, 0.25) is 0 Å². The molecule has 98 valence electrons. The van der Waals surface area contributed by atoms with E-state index in [1.165, 1.54) is 0 Å². The molecule has 0 saturated heterocycles. The Labute approximate surface area is 104 Å². The minimum atomic E-state index is -0.193. The summed E-state index contributed by atoms with van der Waals surface area (Å²) in [6.45, 7) is 8.03. The van der Waals surface area contributed by atoms with E-state index in [2.05, 4.69) is 0 Å². The van der Waals surface area contributed by atoms with Crippen LogP contribution in [0.4, 0.5) is 0 Å². The number of benzene rings is 1. The van der Waals surface area contributed by atoms with Crippen LogP contribution in [-0.2, 0) is 0 Å². The molecule has 3 nitrogen and oxygen atoms in total. The number of methoxy groups -OCH3 is 1. The van der Waals surface area contributed by atoms with E-state index in [1.807, 2.05) is 52.0 Å². The van der Waals surface area contributed by atoms with Crippen molar-refractivity contribution >= 4 is 0 Å². The van der Waals surface area contributed by atoms with Crippen molar-refractivity contribution in [3.05, 3.63) is 24.3 Å². The second kappa shape index (κ2) is 8.88. The summed E-state index contributed by atoms with van der Waals surface area (Å²) in [5.41, 5.74) is 0. The average molecular weight is 240 g/mol. The SMILES string of the molecule is CC.COc1ccccc1OC(CO)C(C)C. The number of para-hydroxylation sites is 2. The van der Waals surface area contributed by atoms with E-state index in [9.17, 15) is 0 Å². The molecule has 1 atom stereocenters. The minimum Gasteiger partial charge on any atom is -0.493 e. The van der Waals surface area contributed by atoms with Gasteiger partial charge in [0.25, 0.3) is 0 Å². The molecule has 0 amide bonds. The lowest BCUT2D eigenvalue weighted by atomic mass is 10.1. The first kappa shape index (κ1) is 15.8. The molecule has 0 aliphatic carbocycles.